The maximum atomic E-state index is 12.7. The first-order chi connectivity index (χ1) is 13.5. The van der Waals surface area contributed by atoms with Gasteiger partial charge in [0.2, 0.25) is 11.7 Å². The average molecular weight is 418 g/mol. The van der Waals surface area contributed by atoms with Crippen molar-refractivity contribution in [2.45, 2.75) is 6.92 Å². The number of rotatable bonds is 3. The normalized spacial score (nSPS) is 14.4. The third kappa shape index (κ3) is 3.81. The summed E-state index contributed by atoms with van der Waals surface area (Å²) >= 11 is 12.2. The number of benzene rings is 1. The summed E-state index contributed by atoms with van der Waals surface area (Å²) in [6.07, 6.45) is 1.73. The number of carbonyl (C=O) groups is 1. The highest BCUT2D eigenvalue weighted by atomic mass is 35.5. The third-order valence-corrected chi connectivity index (χ3v) is 5.15. The van der Waals surface area contributed by atoms with Crippen LogP contribution in [-0.2, 0) is 0 Å². The minimum Gasteiger partial charge on any atom is -0.353 e. The van der Waals surface area contributed by atoms with Gasteiger partial charge < -0.3 is 14.3 Å². The van der Waals surface area contributed by atoms with Gasteiger partial charge >= 0.3 is 0 Å². The molecule has 2 aromatic heterocycles. The molecule has 0 spiro atoms. The molecule has 0 N–H and O–H groups in total. The summed E-state index contributed by atoms with van der Waals surface area (Å²) in [5.74, 6) is 1.77. The lowest BCUT2D eigenvalue weighted by Gasteiger charge is -2.35. The van der Waals surface area contributed by atoms with Crippen LogP contribution in [0.15, 0.2) is 41.1 Å². The highest BCUT2D eigenvalue weighted by Gasteiger charge is 2.24. The van der Waals surface area contributed by atoms with Gasteiger partial charge in [-0.25, -0.2) is 4.98 Å². The molecule has 1 fully saturated rings. The molecule has 144 valence electrons. The van der Waals surface area contributed by atoms with Crippen molar-refractivity contribution >= 4 is 34.9 Å². The van der Waals surface area contributed by atoms with Gasteiger partial charge in [-0.2, -0.15) is 4.98 Å². The molecule has 1 aliphatic rings. The second kappa shape index (κ2) is 7.77. The predicted molar refractivity (Wildman–Crippen MR) is 107 cm³/mol. The zero-order valence-electron chi connectivity index (χ0n) is 15.1. The molecule has 1 amide bonds. The van der Waals surface area contributed by atoms with Crippen LogP contribution in [0.3, 0.4) is 0 Å². The Morgan fingerprint density at radius 2 is 1.89 bits per heavy atom. The summed E-state index contributed by atoms with van der Waals surface area (Å²) < 4.78 is 5.00. The molecular formula is C19H17Cl2N5O2. The number of pyridine rings is 1. The van der Waals surface area contributed by atoms with E-state index in [1.807, 2.05) is 12.1 Å². The minimum atomic E-state index is -0.108. The van der Waals surface area contributed by atoms with E-state index in [0.29, 0.717) is 53.5 Å². The van der Waals surface area contributed by atoms with E-state index >= 15 is 0 Å². The van der Waals surface area contributed by atoms with Gasteiger partial charge in [0.25, 0.3) is 5.91 Å². The van der Waals surface area contributed by atoms with Crippen LogP contribution in [0.5, 0.6) is 0 Å². The van der Waals surface area contributed by atoms with Gasteiger partial charge in [0.05, 0.1) is 10.6 Å². The highest BCUT2D eigenvalue weighted by molar-refractivity contribution is 6.35. The van der Waals surface area contributed by atoms with E-state index in [0.717, 1.165) is 11.4 Å². The van der Waals surface area contributed by atoms with E-state index in [2.05, 4.69) is 20.0 Å². The summed E-state index contributed by atoms with van der Waals surface area (Å²) in [5, 5.41) is 4.80. The molecule has 1 aromatic carbocycles. The molecule has 28 heavy (non-hydrogen) atoms. The smallest absolute Gasteiger partial charge is 0.255 e. The lowest BCUT2D eigenvalue weighted by Crippen LogP contribution is -2.49. The van der Waals surface area contributed by atoms with Crippen LogP contribution in [0, 0.1) is 6.92 Å². The van der Waals surface area contributed by atoms with Crippen molar-refractivity contribution in [3.8, 4) is 11.4 Å². The number of halogens is 2. The number of aromatic nitrogens is 3. The Labute approximate surface area is 171 Å². The quantitative estimate of drug-likeness (QED) is 0.646. The Bertz CT molecular complexity index is 998. The Morgan fingerprint density at radius 3 is 2.54 bits per heavy atom. The Kier molecular flexibility index (Phi) is 5.19. The summed E-state index contributed by atoms with van der Waals surface area (Å²) in [5.41, 5.74) is 1.23. The van der Waals surface area contributed by atoms with Gasteiger partial charge in [-0.3, -0.25) is 4.79 Å². The van der Waals surface area contributed by atoms with Crippen LogP contribution in [-0.4, -0.2) is 52.1 Å². The SMILES string of the molecule is Cc1nc(-c2ccc(N3CCN(C(=O)c4cc(Cl)ccc4Cl)CC3)nc2)no1. The zero-order chi connectivity index (χ0) is 19.7. The molecule has 3 heterocycles. The molecule has 9 heteroatoms. The zero-order valence-corrected chi connectivity index (χ0v) is 16.6. The molecule has 3 aromatic rings. The lowest BCUT2D eigenvalue weighted by molar-refractivity contribution is 0.0746. The second-order valence-electron chi connectivity index (χ2n) is 6.45. The fraction of sp³-hybridized carbons (Fsp3) is 0.263. The van der Waals surface area contributed by atoms with E-state index in [1.165, 1.54) is 0 Å². The van der Waals surface area contributed by atoms with Crippen molar-refractivity contribution < 1.29 is 9.32 Å². The number of amides is 1. The Hall–Kier alpha value is -2.64. The fourth-order valence-corrected chi connectivity index (χ4v) is 3.46. The minimum absolute atomic E-state index is 0.108. The topological polar surface area (TPSA) is 75.4 Å². The largest absolute Gasteiger partial charge is 0.353 e. The molecule has 4 rings (SSSR count). The van der Waals surface area contributed by atoms with Crippen molar-refractivity contribution in [3.63, 3.8) is 0 Å². The average Bonchev–Trinajstić information content (AvgIpc) is 3.16. The molecule has 0 saturated carbocycles. The summed E-state index contributed by atoms with van der Waals surface area (Å²) in [6, 6.07) is 8.76. The van der Waals surface area contributed by atoms with Gasteiger partial charge in [0.1, 0.15) is 5.82 Å². The van der Waals surface area contributed by atoms with E-state index < -0.39 is 0 Å². The van der Waals surface area contributed by atoms with Gasteiger partial charge in [-0.1, -0.05) is 28.4 Å². The number of carbonyl (C=O) groups excluding carboxylic acids is 1. The van der Waals surface area contributed by atoms with Gasteiger partial charge in [-0.15, -0.1) is 0 Å². The molecular weight excluding hydrogens is 401 g/mol. The van der Waals surface area contributed by atoms with Crippen molar-refractivity contribution in [2.24, 2.45) is 0 Å². The summed E-state index contributed by atoms with van der Waals surface area (Å²) in [4.78, 5) is 25.4. The summed E-state index contributed by atoms with van der Waals surface area (Å²) in [7, 11) is 0. The molecule has 0 unspecified atom stereocenters. The Balaban J connectivity index is 1.41. The van der Waals surface area contributed by atoms with Crippen molar-refractivity contribution in [1.29, 1.82) is 0 Å². The molecule has 1 aliphatic heterocycles. The first-order valence-electron chi connectivity index (χ1n) is 8.77. The van der Waals surface area contributed by atoms with Crippen molar-refractivity contribution in [1.82, 2.24) is 20.0 Å². The number of hydrogen-bond acceptors (Lipinski definition) is 6. The van der Waals surface area contributed by atoms with Crippen molar-refractivity contribution in [2.75, 3.05) is 31.1 Å². The number of hydrogen-bond donors (Lipinski definition) is 0. The first-order valence-corrected chi connectivity index (χ1v) is 9.53. The molecule has 1 saturated heterocycles. The maximum Gasteiger partial charge on any atom is 0.255 e. The van der Waals surface area contributed by atoms with Gasteiger partial charge in [-0.05, 0) is 30.3 Å². The number of anilines is 1. The number of nitrogens with zero attached hydrogens (tertiary/aromatic N) is 5. The standard InChI is InChI=1S/C19H17Cl2N5O2/c1-12-23-18(24-28-12)13-2-5-17(22-11-13)25-6-8-26(9-7-25)19(27)15-10-14(20)3-4-16(15)21/h2-5,10-11H,6-9H2,1H3. The molecule has 0 aliphatic carbocycles. The second-order valence-corrected chi connectivity index (χ2v) is 7.29. The number of aryl methyl sites for hydroxylation is 1. The summed E-state index contributed by atoms with van der Waals surface area (Å²) in [6.45, 7) is 4.26. The maximum absolute atomic E-state index is 12.7. The van der Waals surface area contributed by atoms with E-state index in [9.17, 15) is 4.79 Å². The number of piperazine rings is 1. The lowest BCUT2D eigenvalue weighted by atomic mass is 10.1. The van der Waals surface area contributed by atoms with E-state index in [1.54, 1.807) is 36.2 Å². The predicted octanol–water partition coefficient (Wildman–Crippen LogP) is 3.71. The molecule has 0 radical (unpaired) electrons. The molecule has 7 nitrogen and oxygen atoms in total. The van der Waals surface area contributed by atoms with Crippen LogP contribution >= 0.6 is 23.2 Å². The molecule has 0 bridgehead atoms. The molecule has 0 atom stereocenters. The fourth-order valence-electron chi connectivity index (χ4n) is 3.09. The van der Waals surface area contributed by atoms with Crippen LogP contribution in [0.25, 0.3) is 11.4 Å². The van der Waals surface area contributed by atoms with Gasteiger partial charge in [0, 0.05) is 49.9 Å². The third-order valence-electron chi connectivity index (χ3n) is 4.58. The van der Waals surface area contributed by atoms with Crippen molar-refractivity contribution in [3.05, 3.63) is 58.0 Å². The van der Waals surface area contributed by atoms with E-state index in [4.69, 9.17) is 27.7 Å². The van der Waals surface area contributed by atoms with Gasteiger partial charge in [0.15, 0.2) is 0 Å². The van der Waals surface area contributed by atoms with Crippen LogP contribution in [0.4, 0.5) is 5.82 Å². The van der Waals surface area contributed by atoms with Crippen LogP contribution in [0.2, 0.25) is 10.0 Å². The van der Waals surface area contributed by atoms with Crippen LogP contribution in [0.1, 0.15) is 16.2 Å². The van der Waals surface area contributed by atoms with Crippen LogP contribution < -0.4 is 4.90 Å². The highest BCUT2D eigenvalue weighted by Crippen LogP contribution is 2.24. The first kappa shape index (κ1) is 18.7. The van der Waals surface area contributed by atoms with E-state index in [-0.39, 0.29) is 5.91 Å². The monoisotopic (exact) mass is 417 g/mol. The Morgan fingerprint density at radius 1 is 1.11 bits per heavy atom.